The molecule has 5 heteroatoms. The second-order valence-electron chi connectivity index (χ2n) is 4.59. The van der Waals surface area contributed by atoms with Crippen LogP contribution in [-0.4, -0.2) is 21.7 Å². The number of hydrogen-bond donors (Lipinski definition) is 3. The van der Waals surface area contributed by atoms with Crippen molar-refractivity contribution in [2.45, 2.75) is 31.2 Å². The van der Waals surface area contributed by atoms with Crippen molar-refractivity contribution in [3.05, 3.63) is 23.8 Å². The normalized spacial score (nSPS) is 17.1. The fraction of sp³-hybridized carbons (Fsp3) is 0.385. The summed E-state index contributed by atoms with van der Waals surface area (Å²) in [7, 11) is 0. The zero-order valence-corrected chi connectivity index (χ0v) is 9.81. The first-order valence-corrected chi connectivity index (χ1v) is 5.81. The Labute approximate surface area is 105 Å². The predicted molar refractivity (Wildman–Crippen MR) is 64.0 cm³/mol. The summed E-state index contributed by atoms with van der Waals surface area (Å²) >= 11 is 0. The van der Waals surface area contributed by atoms with Crippen molar-refractivity contribution >= 4 is 5.91 Å². The number of phenols is 2. The van der Waals surface area contributed by atoms with Crippen LogP contribution in [0, 0.1) is 11.3 Å². The molecule has 1 amide bonds. The Hall–Kier alpha value is -2.22. The van der Waals surface area contributed by atoms with E-state index in [1.54, 1.807) is 0 Å². The predicted octanol–water partition coefficient (Wildman–Crippen LogP) is 1.66. The quantitative estimate of drug-likeness (QED) is 0.739. The lowest BCUT2D eigenvalue weighted by Crippen LogP contribution is -2.45. The van der Waals surface area contributed by atoms with E-state index in [1.807, 2.05) is 0 Å². The molecule has 1 aliphatic carbocycles. The molecule has 0 heterocycles. The number of nitriles is 1. The largest absolute Gasteiger partial charge is 0.508 e. The summed E-state index contributed by atoms with van der Waals surface area (Å²) in [4.78, 5) is 12.0. The van der Waals surface area contributed by atoms with Crippen molar-refractivity contribution in [2.24, 2.45) is 0 Å². The van der Waals surface area contributed by atoms with Crippen LogP contribution in [0.25, 0.3) is 0 Å². The van der Waals surface area contributed by atoms with Gasteiger partial charge in [0.05, 0.1) is 6.07 Å². The Morgan fingerprint density at radius 2 is 1.78 bits per heavy atom. The van der Waals surface area contributed by atoms with Crippen LogP contribution in [0.1, 0.15) is 36.0 Å². The first-order valence-electron chi connectivity index (χ1n) is 5.81. The summed E-state index contributed by atoms with van der Waals surface area (Å²) in [6.45, 7) is 0. The number of amides is 1. The average Bonchev–Trinajstić information content (AvgIpc) is 2.77. The smallest absolute Gasteiger partial charge is 0.252 e. The molecule has 1 saturated carbocycles. The number of rotatable bonds is 2. The van der Waals surface area contributed by atoms with E-state index < -0.39 is 11.4 Å². The van der Waals surface area contributed by atoms with Gasteiger partial charge in [0.2, 0.25) is 0 Å². The minimum absolute atomic E-state index is 0.147. The number of nitrogens with one attached hydrogen (secondary N) is 1. The van der Waals surface area contributed by atoms with Gasteiger partial charge in [0, 0.05) is 11.6 Å². The van der Waals surface area contributed by atoms with Crippen LogP contribution in [0.15, 0.2) is 18.2 Å². The van der Waals surface area contributed by atoms with Crippen LogP contribution in [0.3, 0.4) is 0 Å². The van der Waals surface area contributed by atoms with Gasteiger partial charge in [0.15, 0.2) is 0 Å². The molecule has 3 N–H and O–H groups in total. The van der Waals surface area contributed by atoms with E-state index >= 15 is 0 Å². The zero-order chi connectivity index (χ0) is 13.2. The minimum Gasteiger partial charge on any atom is -0.508 e. The van der Waals surface area contributed by atoms with Crippen molar-refractivity contribution < 1.29 is 15.0 Å². The van der Waals surface area contributed by atoms with Gasteiger partial charge in [0.1, 0.15) is 17.0 Å². The standard InChI is InChI=1S/C13H14N2O3/c14-8-13(3-1-2-4-13)15-12(18)9-5-10(16)7-11(17)6-9/h5-7,16-17H,1-4H2,(H,15,18). The van der Waals surface area contributed by atoms with Crippen LogP contribution >= 0.6 is 0 Å². The molecule has 0 saturated heterocycles. The van der Waals surface area contributed by atoms with E-state index in [2.05, 4.69) is 11.4 Å². The molecule has 1 aromatic rings. The van der Waals surface area contributed by atoms with Gasteiger partial charge in [-0.1, -0.05) is 0 Å². The molecule has 2 rings (SSSR count). The van der Waals surface area contributed by atoms with Crippen LogP contribution in [0.5, 0.6) is 11.5 Å². The Bertz CT molecular complexity index is 493. The number of aromatic hydroxyl groups is 2. The molecule has 0 atom stereocenters. The maximum atomic E-state index is 12.0. The molecule has 0 radical (unpaired) electrons. The number of carbonyl (C=O) groups excluding carboxylic acids is 1. The fourth-order valence-electron chi connectivity index (χ4n) is 2.26. The highest BCUT2D eigenvalue weighted by molar-refractivity contribution is 5.95. The molecule has 1 fully saturated rings. The second-order valence-corrected chi connectivity index (χ2v) is 4.59. The van der Waals surface area contributed by atoms with Gasteiger partial charge in [-0.05, 0) is 37.8 Å². The van der Waals surface area contributed by atoms with Crippen molar-refractivity contribution in [3.8, 4) is 17.6 Å². The zero-order valence-electron chi connectivity index (χ0n) is 9.81. The lowest BCUT2D eigenvalue weighted by atomic mass is 9.99. The summed E-state index contributed by atoms with van der Waals surface area (Å²) in [5, 5.41) is 30.5. The van der Waals surface area contributed by atoms with Crippen LogP contribution in [-0.2, 0) is 0 Å². The second kappa shape index (κ2) is 4.57. The number of phenolic OH excluding ortho intramolecular Hbond substituents is 2. The molecule has 0 bridgehead atoms. The van der Waals surface area contributed by atoms with Gasteiger partial charge in [-0.25, -0.2) is 0 Å². The van der Waals surface area contributed by atoms with Gasteiger partial charge >= 0.3 is 0 Å². The summed E-state index contributed by atoms with van der Waals surface area (Å²) in [6.07, 6.45) is 3.11. The topological polar surface area (TPSA) is 93.4 Å². The third-order valence-corrected chi connectivity index (χ3v) is 3.19. The van der Waals surface area contributed by atoms with Crippen LogP contribution in [0.2, 0.25) is 0 Å². The van der Waals surface area contributed by atoms with Crippen molar-refractivity contribution in [1.29, 1.82) is 5.26 Å². The first-order chi connectivity index (χ1) is 8.54. The molecule has 0 aliphatic heterocycles. The Balaban J connectivity index is 2.19. The highest BCUT2D eigenvalue weighted by atomic mass is 16.3. The molecule has 5 nitrogen and oxygen atoms in total. The van der Waals surface area contributed by atoms with E-state index in [0.717, 1.165) is 18.9 Å². The summed E-state index contributed by atoms with van der Waals surface area (Å²) < 4.78 is 0. The molecule has 0 aromatic heterocycles. The minimum atomic E-state index is -0.807. The van der Waals surface area contributed by atoms with Crippen molar-refractivity contribution in [3.63, 3.8) is 0 Å². The Morgan fingerprint density at radius 3 is 2.28 bits per heavy atom. The number of hydrogen-bond acceptors (Lipinski definition) is 4. The number of benzene rings is 1. The van der Waals surface area contributed by atoms with E-state index in [9.17, 15) is 15.0 Å². The van der Waals surface area contributed by atoms with E-state index in [-0.39, 0.29) is 17.1 Å². The molecule has 1 aromatic carbocycles. The summed E-state index contributed by atoms with van der Waals surface area (Å²) in [6, 6.07) is 5.81. The lowest BCUT2D eigenvalue weighted by molar-refractivity contribution is 0.0920. The highest BCUT2D eigenvalue weighted by Gasteiger charge is 2.35. The molecule has 0 unspecified atom stereocenters. The molecule has 1 aliphatic rings. The van der Waals surface area contributed by atoms with Gasteiger partial charge in [-0.2, -0.15) is 5.26 Å². The average molecular weight is 246 g/mol. The van der Waals surface area contributed by atoms with E-state index in [0.29, 0.717) is 12.8 Å². The van der Waals surface area contributed by atoms with Crippen LogP contribution in [0.4, 0.5) is 0 Å². The monoisotopic (exact) mass is 246 g/mol. The third-order valence-electron chi connectivity index (χ3n) is 3.19. The van der Waals surface area contributed by atoms with Gasteiger partial charge in [0.25, 0.3) is 5.91 Å². The summed E-state index contributed by atoms with van der Waals surface area (Å²) in [5.41, 5.74) is -0.660. The van der Waals surface area contributed by atoms with E-state index in [1.165, 1.54) is 12.1 Å². The molecule has 0 spiro atoms. The fourth-order valence-corrected chi connectivity index (χ4v) is 2.26. The number of carbonyl (C=O) groups is 1. The Kier molecular flexibility index (Phi) is 3.11. The first kappa shape index (κ1) is 12.2. The van der Waals surface area contributed by atoms with Gasteiger partial charge in [-0.3, -0.25) is 4.79 Å². The van der Waals surface area contributed by atoms with E-state index in [4.69, 9.17) is 5.26 Å². The maximum absolute atomic E-state index is 12.0. The Morgan fingerprint density at radius 1 is 1.22 bits per heavy atom. The van der Waals surface area contributed by atoms with Gasteiger partial charge < -0.3 is 15.5 Å². The molecular formula is C13H14N2O3. The lowest BCUT2D eigenvalue weighted by Gasteiger charge is -2.22. The molecular weight excluding hydrogens is 232 g/mol. The SMILES string of the molecule is N#CC1(NC(=O)c2cc(O)cc(O)c2)CCCC1. The maximum Gasteiger partial charge on any atom is 0.252 e. The van der Waals surface area contributed by atoms with Gasteiger partial charge in [-0.15, -0.1) is 0 Å². The highest BCUT2D eigenvalue weighted by Crippen LogP contribution is 2.29. The molecule has 18 heavy (non-hydrogen) atoms. The van der Waals surface area contributed by atoms with Crippen molar-refractivity contribution in [1.82, 2.24) is 5.32 Å². The van der Waals surface area contributed by atoms with Crippen LogP contribution < -0.4 is 5.32 Å². The number of nitrogens with zero attached hydrogens (tertiary/aromatic N) is 1. The summed E-state index contributed by atoms with van der Waals surface area (Å²) in [5.74, 6) is -0.820. The van der Waals surface area contributed by atoms with Crippen molar-refractivity contribution in [2.75, 3.05) is 0 Å². The molecule has 94 valence electrons. The third kappa shape index (κ3) is 2.38.